The highest BCUT2D eigenvalue weighted by atomic mass is 35.5. The van der Waals surface area contributed by atoms with E-state index >= 15 is 0 Å². The van der Waals surface area contributed by atoms with Crippen LogP contribution in [0.15, 0.2) is 59.9 Å². The number of aromatic nitrogens is 2. The van der Waals surface area contributed by atoms with Crippen LogP contribution in [0.4, 0.5) is 0 Å². The Bertz CT molecular complexity index is 1040. The van der Waals surface area contributed by atoms with Gasteiger partial charge in [0.1, 0.15) is 10.7 Å². The number of rotatable bonds is 3. The Morgan fingerprint density at radius 1 is 1.04 bits per heavy atom. The fraction of sp³-hybridized carbons (Fsp3) is 0.105. The number of carbonyl (C=O) groups is 2. The van der Waals surface area contributed by atoms with Gasteiger partial charge in [-0.1, -0.05) is 41.9 Å². The number of nitrogens with zero attached hydrogens (tertiary/aromatic N) is 3. The molecule has 0 spiro atoms. The first-order chi connectivity index (χ1) is 12.1. The van der Waals surface area contributed by atoms with Crippen LogP contribution < -0.4 is 0 Å². The van der Waals surface area contributed by atoms with Crippen molar-refractivity contribution >= 4 is 40.0 Å². The number of carbonyl (C=O) groups excluding carboxylic acids is 2. The van der Waals surface area contributed by atoms with Gasteiger partial charge in [-0.25, -0.2) is 4.98 Å². The van der Waals surface area contributed by atoms with Crippen LogP contribution >= 0.6 is 11.6 Å². The summed E-state index contributed by atoms with van der Waals surface area (Å²) in [6.45, 7) is 0.608. The summed E-state index contributed by atoms with van der Waals surface area (Å²) in [5.74, 6) is -0.868. The lowest BCUT2D eigenvalue weighted by Crippen LogP contribution is -2.26. The van der Waals surface area contributed by atoms with Crippen LogP contribution in [0, 0.1) is 0 Å². The van der Waals surface area contributed by atoms with E-state index in [1.165, 1.54) is 7.05 Å². The molecule has 0 bridgehead atoms. The molecule has 0 atom stereocenters. The first kappa shape index (κ1) is 15.6. The summed E-state index contributed by atoms with van der Waals surface area (Å²) >= 11 is 6.16. The third-order valence-corrected chi connectivity index (χ3v) is 4.68. The Kier molecular flexibility index (Phi) is 3.66. The van der Waals surface area contributed by atoms with Crippen molar-refractivity contribution in [3.8, 4) is 0 Å². The summed E-state index contributed by atoms with van der Waals surface area (Å²) in [4.78, 5) is 30.0. The SMILES string of the molecule is CN1C(=O)C(Cl)=C(c2cn(Cc3ccccc3)c3ncccc23)C1=O. The molecule has 2 amide bonds. The van der Waals surface area contributed by atoms with E-state index in [1.54, 1.807) is 12.3 Å². The van der Waals surface area contributed by atoms with E-state index < -0.39 is 11.8 Å². The van der Waals surface area contributed by atoms with Crippen molar-refractivity contribution in [2.75, 3.05) is 7.05 Å². The fourth-order valence-corrected chi connectivity index (χ4v) is 3.37. The molecule has 25 heavy (non-hydrogen) atoms. The molecular formula is C19H14ClN3O2. The molecule has 2 aromatic heterocycles. The minimum absolute atomic E-state index is 0.0462. The van der Waals surface area contributed by atoms with Crippen molar-refractivity contribution < 1.29 is 9.59 Å². The van der Waals surface area contributed by atoms with Gasteiger partial charge in [-0.2, -0.15) is 0 Å². The van der Waals surface area contributed by atoms with E-state index in [9.17, 15) is 9.59 Å². The van der Waals surface area contributed by atoms with E-state index in [0.717, 1.165) is 21.5 Å². The minimum Gasteiger partial charge on any atom is -0.327 e. The maximum atomic E-state index is 12.5. The molecular weight excluding hydrogens is 338 g/mol. The monoisotopic (exact) mass is 351 g/mol. The molecule has 3 aromatic rings. The lowest BCUT2D eigenvalue weighted by molar-refractivity contribution is -0.134. The summed E-state index contributed by atoms with van der Waals surface area (Å²) in [5.41, 5.74) is 2.72. The van der Waals surface area contributed by atoms with Crippen molar-refractivity contribution in [2.45, 2.75) is 6.54 Å². The van der Waals surface area contributed by atoms with Crippen LogP contribution in [0.3, 0.4) is 0 Å². The zero-order valence-electron chi connectivity index (χ0n) is 13.4. The molecule has 1 aromatic carbocycles. The standard InChI is InChI=1S/C19H14ClN3O2/c1-22-18(24)15(16(20)19(22)25)14-11-23(10-12-6-3-2-4-7-12)17-13(14)8-5-9-21-17/h2-9,11H,10H2,1H3. The molecule has 0 fully saturated rings. The summed E-state index contributed by atoms with van der Waals surface area (Å²) in [7, 11) is 1.43. The highest BCUT2D eigenvalue weighted by molar-refractivity contribution is 6.55. The van der Waals surface area contributed by atoms with E-state index in [2.05, 4.69) is 4.98 Å². The van der Waals surface area contributed by atoms with Crippen molar-refractivity contribution in [1.29, 1.82) is 0 Å². The smallest absolute Gasteiger partial charge is 0.272 e. The number of hydrogen-bond acceptors (Lipinski definition) is 3. The number of likely N-dealkylation sites (N-methyl/N-ethyl adjacent to an activating group) is 1. The number of benzene rings is 1. The number of imide groups is 1. The zero-order valence-corrected chi connectivity index (χ0v) is 14.2. The van der Waals surface area contributed by atoms with Crippen LogP contribution in [-0.4, -0.2) is 33.3 Å². The summed E-state index contributed by atoms with van der Waals surface area (Å²) in [6, 6.07) is 13.7. The average molecular weight is 352 g/mol. The minimum atomic E-state index is -0.477. The average Bonchev–Trinajstić information content (AvgIpc) is 3.08. The van der Waals surface area contributed by atoms with Crippen LogP contribution in [-0.2, 0) is 16.1 Å². The van der Waals surface area contributed by atoms with Crippen molar-refractivity contribution in [1.82, 2.24) is 14.5 Å². The summed E-state index contributed by atoms with van der Waals surface area (Å²) in [6.07, 6.45) is 3.55. The molecule has 0 unspecified atom stereocenters. The van der Waals surface area contributed by atoms with Crippen LogP contribution in [0.25, 0.3) is 16.6 Å². The molecule has 5 nitrogen and oxygen atoms in total. The number of hydrogen-bond donors (Lipinski definition) is 0. The van der Waals surface area contributed by atoms with Crippen molar-refractivity contribution in [2.24, 2.45) is 0 Å². The first-order valence-electron chi connectivity index (χ1n) is 7.78. The molecule has 1 aliphatic rings. The second-order valence-corrected chi connectivity index (χ2v) is 6.27. The van der Waals surface area contributed by atoms with Crippen LogP contribution in [0.2, 0.25) is 0 Å². The third-order valence-electron chi connectivity index (χ3n) is 4.33. The molecule has 4 rings (SSSR count). The van der Waals surface area contributed by atoms with Gasteiger partial charge >= 0.3 is 0 Å². The zero-order chi connectivity index (χ0) is 17.6. The Labute approximate surface area is 149 Å². The molecule has 0 aliphatic carbocycles. The topological polar surface area (TPSA) is 55.2 Å². The molecule has 1 aliphatic heterocycles. The number of halogens is 1. The Morgan fingerprint density at radius 2 is 1.80 bits per heavy atom. The Hall–Kier alpha value is -2.92. The summed E-state index contributed by atoms with van der Waals surface area (Å²) < 4.78 is 1.97. The number of fused-ring (bicyclic) bond motifs is 1. The van der Waals surface area contributed by atoms with Gasteiger partial charge < -0.3 is 4.57 Å². The van der Waals surface area contributed by atoms with Crippen LogP contribution in [0.1, 0.15) is 11.1 Å². The highest BCUT2D eigenvalue weighted by Crippen LogP contribution is 2.35. The Morgan fingerprint density at radius 3 is 2.48 bits per heavy atom. The largest absolute Gasteiger partial charge is 0.327 e. The molecule has 0 saturated carbocycles. The Balaban J connectivity index is 1.89. The van der Waals surface area contributed by atoms with Crippen LogP contribution in [0.5, 0.6) is 0 Å². The van der Waals surface area contributed by atoms with Gasteiger partial charge in [-0.05, 0) is 17.7 Å². The van der Waals surface area contributed by atoms with Crippen molar-refractivity contribution in [3.05, 3.63) is 71.0 Å². The van der Waals surface area contributed by atoms with Gasteiger partial charge in [-0.3, -0.25) is 14.5 Å². The molecule has 3 heterocycles. The van der Waals surface area contributed by atoms with E-state index in [-0.39, 0.29) is 10.6 Å². The van der Waals surface area contributed by atoms with Gasteiger partial charge in [0.25, 0.3) is 11.8 Å². The first-order valence-corrected chi connectivity index (χ1v) is 8.16. The fourth-order valence-electron chi connectivity index (χ4n) is 3.06. The number of amides is 2. The quantitative estimate of drug-likeness (QED) is 0.681. The number of pyridine rings is 1. The van der Waals surface area contributed by atoms with E-state index in [0.29, 0.717) is 12.1 Å². The lowest BCUT2D eigenvalue weighted by Gasteiger charge is -2.05. The predicted molar refractivity (Wildman–Crippen MR) is 95.8 cm³/mol. The molecule has 0 radical (unpaired) electrons. The van der Waals surface area contributed by atoms with Gasteiger partial charge in [0, 0.05) is 36.9 Å². The molecule has 0 N–H and O–H groups in total. The second kappa shape index (κ2) is 5.86. The van der Waals surface area contributed by atoms with Gasteiger partial charge in [0.2, 0.25) is 0 Å². The predicted octanol–water partition coefficient (Wildman–Crippen LogP) is 3.03. The normalized spacial score (nSPS) is 14.9. The summed E-state index contributed by atoms with van der Waals surface area (Å²) in [5, 5.41) is 0.748. The highest BCUT2D eigenvalue weighted by Gasteiger charge is 2.37. The van der Waals surface area contributed by atoms with E-state index in [4.69, 9.17) is 11.6 Å². The second-order valence-electron chi connectivity index (χ2n) is 5.89. The lowest BCUT2D eigenvalue weighted by atomic mass is 10.1. The molecule has 0 saturated heterocycles. The van der Waals surface area contributed by atoms with Gasteiger partial charge in [0.15, 0.2) is 0 Å². The molecule has 124 valence electrons. The maximum absolute atomic E-state index is 12.5. The van der Waals surface area contributed by atoms with Gasteiger partial charge in [0.05, 0.1) is 5.57 Å². The molecule has 6 heteroatoms. The maximum Gasteiger partial charge on any atom is 0.272 e. The van der Waals surface area contributed by atoms with Crippen molar-refractivity contribution in [3.63, 3.8) is 0 Å². The van der Waals surface area contributed by atoms with E-state index in [1.807, 2.05) is 47.2 Å². The van der Waals surface area contributed by atoms with Gasteiger partial charge in [-0.15, -0.1) is 0 Å². The third kappa shape index (κ3) is 2.44.